The average molecular weight is 606 g/mol. The number of rotatable bonds is 9. The first-order chi connectivity index (χ1) is 19.4. The number of ether oxygens (including phenoxy) is 2. The number of benzene rings is 3. The Balaban J connectivity index is 1.31. The van der Waals surface area contributed by atoms with Crippen molar-refractivity contribution in [3.05, 3.63) is 83.0 Å². The van der Waals surface area contributed by atoms with Gasteiger partial charge in [0.05, 0.1) is 0 Å². The van der Waals surface area contributed by atoms with Gasteiger partial charge in [-0.2, -0.15) is 0 Å². The Hall–Kier alpha value is -3.78. The van der Waals surface area contributed by atoms with E-state index in [0.717, 1.165) is 38.4 Å². The second-order valence-electron chi connectivity index (χ2n) is 10.1. The summed E-state index contributed by atoms with van der Waals surface area (Å²) in [5, 5.41) is 4.02. The van der Waals surface area contributed by atoms with Gasteiger partial charge in [0.15, 0.2) is 0 Å². The predicted molar refractivity (Wildman–Crippen MR) is 159 cm³/mol. The number of nitrogens with one attached hydrogen (secondary N) is 2. The van der Waals surface area contributed by atoms with Gasteiger partial charge in [0.1, 0.15) is 0 Å². The summed E-state index contributed by atoms with van der Waals surface area (Å²) in [7, 11) is 7.22. The molecule has 208 valence electrons. The van der Waals surface area contributed by atoms with Gasteiger partial charge in [0, 0.05) is 0 Å². The van der Waals surface area contributed by atoms with Crippen molar-refractivity contribution in [2.75, 3.05) is 47.9 Å². The monoisotopic (exact) mass is 606 g/mol. The third-order valence-corrected chi connectivity index (χ3v) is 9.26. The van der Waals surface area contributed by atoms with Crippen molar-refractivity contribution in [1.82, 2.24) is 20.1 Å². The van der Waals surface area contributed by atoms with Crippen LogP contribution >= 0.6 is 0 Å². The number of H-pyrrole nitrogens is 1. The molecule has 0 atom stereocenters. The number of hydrogen-bond acceptors (Lipinski definition) is 5. The van der Waals surface area contributed by atoms with E-state index >= 15 is 0 Å². The molecule has 2 N–H and O–H groups in total. The number of carbonyl (C=O) groups is 2. The van der Waals surface area contributed by atoms with E-state index in [4.69, 9.17) is 9.47 Å². The zero-order valence-electron chi connectivity index (χ0n) is 23.2. The van der Waals surface area contributed by atoms with Crippen LogP contribution in [0.2, 0.25) is 0 Å². The summed E-state index contributed by atoms with van der Waals surface area (Å²) < 4.78 is 13.2. The standard InChI is InChI=1S/C31H34N4O4Se/c1-34(2)13-11-32-30(36)21-8-9-26-25(15-21)29(18-33-26)40-24-7-5-6-22(14-24)31(37)35-12-10-20-16-27(38-3)28(39-4)17-23(20)19-35/h5-9,14-18,33H,10-13,19H2,1-4H3,(H,32,36). The van der Waals surface area contributed by atoms with Crippen LogP contribution in [0.5, 0.6) is 11.5 Å². The van der Waals surface area contributed by atoms with Gasteiger partial charge in [0.2, 0.25) is 0 Å². The molecule has 0 bridgehead atoms. The molecule has 0 unspecified atom stereocenters. The first-order valence-electron chi connectivity index (χ1n) is 13.2. The third kappa shape index (κ3) is 6.02. The fourth-order valence-electron chi connectivity index (χ4n) is 4.87. The van der Waals surface area contributed by atoms with E-state index < -0.39 is 0 Å². The van der Waals surface area contributed by atoms with E-state index in [9.17, 15) is 9.59 Å². The number of carbonyl (C=O) groups excluding carboxylic acids is 2. The van der Waals surface area contributed by atoms with Gasteiger partial charge in [-0.3, -0.25) is 0 Å². The van der Waals surface area contributed by atoms with E-state index in [2.05, 4.69) is 16.4 Å². The molecule has 5 rings (SSSR count). The topological polar surface area (TPSA) is 86.9 Å². The maximum absolute atomic E-state index is 13.5. The number of amides is 2. The van der Waals surface area contributed by atoms with Gasteiger partial charge in [-0.05, 0) is 0 Å². The van der Waals surface area contributed by atoms with E-state index in [-0.39, 0.29) is 26.8 Å². The van der Waals surface area contributed by atoms with Crippen LogP contribution in [0.25, 0.3) is 10.9 Å². The molecule has 1 aliphatic rings. The van der Waals surface area contributed by atoms with Crippen molar-refractivity contribution >= 4 is 46.6 Å². The normalized spacial score (nSPS) is 12.9. The number of aromatic amines is 1. The third-order valence-electron chi connectivity index (χ3n) is 7.06. The summed E-state index contributed by atoms with van der Waals surface area (Å²) in [5.74, 6) is 1.34. The first kappa shape index (κ1) is 27.8. The molecule has 40 heavy (non-hydrogen) atoms. The van der Waals surface area contributed by atoms with E-state index in [1.807, 2.05) is 78.6 Å². The second kappa shape index (κ2) is 12.2. The van der Waals surface area contributed by atoms with Gasteiger partial charge >= 0.3 is 241 Å². The van der Waals surface area contributed by atoms with E-state index in [1.54, 1.807) is 14.2 Å². The molecular formula is C31H34N4O4Se. The van der Waals surface area contributed by atoms with Crippen LogP contribution in [0, 0.1) is 0 Å². The predicted octanol–water partition coefficient (Wildman–Crippen LogP) is 2.33. The Labute approximate surface area is 240 Å². The number of hydrogen-bond donors (Lipinski definition) is 2. The number of nitrogens with zero attached hydrogens (tertiary/aromatic N) is 2. The first-order valence-corrected chi connectivity index (χ1v) is 14.9. The van der Waals surface area contributed by atoms with Gasteiger partial charge in [-0.25, -0.2) is 0 Å². The number of aromatic nitrogens is 1. The van der Waals surface area contributed by atoms with Crippen molar-refractivity contribution in [1.29, 1.82) is 0 Å². The van der Waals surface area contributed by atoms with Crippen molar-refractivity contribution in [3.8, 4) is 11.5 Å². The summed E-state index contributed by atoms with van der Waals surface area (Å²) in [6, 6.07) is 17.7. The Bertz CT molecular complexity index is 1550. The summed E-state index contributed by atoms with van der Waals surface area (Å²) in [5.41, 5.74) is 4.59. The minimum absolute atomic E-state index is 0.0219. The minimum atomic E-state index is -0.0739. The molecule has 1 aliphatic heterocycles. The Morgan fingerprint density at radius 1 is 1.00 bits per heavy atom. The number of likely N-dealkylation sites (N-methyl/N-ethyl adjacent to an activating group) is 1. The molecule has 2 heterocycles. The Morgan fingerprint density at radius 3 is 2.52 bits per heavy atom. The van der Waals surface area contributed by atoms with Crippen LogP contribution in [0.1, 0.15) is 31.8 Å². The zero-order chi connectivity index (χ0) is 28.2. The average Bonchev–Trinajstić information content (AvgIpc) is 3.37. The molecular weight excluding hydrogens is 571 g/mol. The van der Waals surface area contributed by atoms with Crippen LogP contribution in [0.15, 0.2) is 60.8 Å². The molecule has 0 aliphatic carbocycles. The Morgan fingerprint density at radius 2 is 1.77 bits per heavy atom. The summed E-state index contributed by atoms with van der Waals surface area (Å²) >= 11 is -0.0486. The summed E-state index contributed by atoms with van der Waals surface area (Å²) in [4.78, 5) is 33.5. The van der Waals surface area contributed by atoms with E-state index in [0.29, 0.717) is 42.3 Å². The zero-order valence-corrected chi connectivity index (χ0v) is 25.0. The molecule has 0 fully saturated rings. The maximum atomic E-state index is 13.5. The van der Waals surface area contributed by atoms with Gasteiger partial charge < -0.3 is 0 Å². The van der Waals surface area contributed by atoms with Crippen LogP contribution in [0.4, 0.5) is 0 Å². The fraction of sp³-hybridized carbons (Fsp3) is 0.290. The molecule has 2 amide bonds. The molecule has 0 spiro atoms. The molecule has 0 radical (unpaired) electrons. The Kier molecular flexibility index (Phi) is 8.45. The van der Waals surface area contributed by atoms with Crippen molar-refractivity contribution in [3.63, 3.8) is 0 Å². The summed E-state index contributed by atoms with van der Waals surface area (Å²) in [6.07, 6.45) is 2.78. The van der Waals surface area contributed by atoms with Crippen molar-refractivity contribution in [2.24, 2.45) is 0 Å². The van der Waals surface area contributed by atoms with Crippen molar-refractivity contribution < 1.29 is 19.1 Å². The van der Waals surface area contributed by atoms with Gasteiger partial charge in [0.25, 0.3) is 0 Å². The van der Waals surface area contributed by atoms with Crippen LogP contribution in [-0.2, 0) is 13.0 Å². The molecule has 1 aromatic heterocycles. The fourth-order valence-corrected chi connectivity index (χ4v) is 6.94. The van der Waals surface area contributed by atoms with Gasteiger partial charge in [-0.15, -0.1) is 0 Å². The van der Waals surface area contributed by atoms with E-state index in [1.165, 1.54) is 5.56 Å². The molecule has 8 nitrogen and oxygen atoms in total. The molecule has 0 saturated carbocycles. The quantitative estimate of drug-likeness (QED) is 0.286. The summed E-state index contributed by atoms with van der Waals surface area (Å²) in [6.45, 7) is 2.57. The van der Waals surface area contributed by atoms with Crippen LogP contribution < -0.4 is 23.7 Å². The molecule has 0 saturated heterocycles. The number of fused-ring (bicyclic) bond motifs is 2. The van der Waals surface area contributed by atoms with Crippen molar-refractivity contribution in [2.45, 2.75) is 13.0 Å². The van der Waals surface area contributed by atoms with Crippen LogP contribution in [-0.4, -0.2) is 89.5 Å². The number of methoxy groups -OCH3 is 2. The second-order valence-corrected chi connectivity index (χ2v) is 12.4. The van der Waals surface area contributed by atoms with Crippen LogP contribution in [0.3, 0.4) is 0 Å². The van der Waals surface area contributed by atoms with Gasteiger partial charge in [-0.1, -0.05) is 0 Å². The SMILES string of the molecule is COc1cc2c(cc1OC)CN(C(=O)c1cccc([Se]c3c[nH]c4ccc(C(=O)NCCN(C)C)cc34)c1)CC2. The molecule has 4 aromatic rings. The molecule has 9 heteroatoms. The molecule has 3 aromatic carbocycles.